The summed E-state index contributed by atoms with van der Waals surface area (Å²) in [6, 6.07) is 0. The number of aliphatic hydroxyl groups is 1. The van der Waals surface area contributed by atoms with Gasteiger partial charge >= 0.3 is 0 Å². The normalized spacial score (nSPS) is 44.7. The van der Waals surface area contributed by atoms with Gasteiger partial charge in [0, 0.05) is 11.0 Å². The topological polar surface area (TPSA) is 37.3 Å². The van der Waals surface area contributed by atoms with Crippen molar-refractivity contribution in [2.24, 2.45) is 16.7 Å². The molecule has 2 heteroatoms. The molecule has 2 bridgehead atoms. The number of hydrogen-bond acceptors (Lipinski definition) is 2. The molecule has 0 saturated heterocycles. The fourth-order valence-corrected chi connectivity index (χ4v) is 3.08. The Morgan fingerprint density at radius 3 is 2.38 bits per heavy atom. The number of carbonyl (C=O) groups excluding carboxylic acids is 1. The maximum atomic E-state index is 11.9. The standard InChI is InChI=1S/C11H16O2/c1-10(2)8-4-5-11(10,3)9(13)7(8)6-12/h6,8,12H,4-5H2,1-3H3/t8-,11+/m0/s1. The summed E-state index contributed by atoms with van der Waals surface area (Å²) in [6.45, 7) is 6.31. The van der Waals surface area contributed by atoms with Gasteiger partial charge in [0.25, 0.3) is 0 Å². The molecule has 1 N–H and O–H groups in total. The van der Waals surface area contributed by atoms with E-state index in [1.54, 1.807) is 0 Å². The fourth-order valence-electron chi connectivity index (χ4n) is 3.08. The van der Waals surface area contributed by atoms with Crippen LogP contribution in [0.5, 0.6) is 0 Å². The minimum atomic E-state index is -0.230. The zero-order chi connectivity index (χ0) is 9.85. The summed E-state index contributed by atoms with van der Waals surface area (Å²) in [6.07, 6.45) is 3.04. The highest BCUT2D eigenvalue weighted by molar-refractivity contribution is 6.04. The summed E-state index contributed by atoms with van der Waals surface area (Å²) >= 11 is 0. The molecule has 0 radical (unpaired) electrons. The van der Waals surface area contributed by atoms with Gasteiger partial charge in [0.05, 0.1) is 6.26 Å². The summed E-state index contributed by atoms with van der Waals surface area (Å²) in [5.41, 5.74) is 0.448. The monoisotopic (exact) mass is 180 g/mol. The number of ketones is 1. The van der Waals surface area contributed by atoms with Gasteiger partial charge in [-0.25, -0.2) is 0 Å². The summed E-state index contributed by atoms with van der Waals surface area (Å²) in [7, 11) is 0. The first-order chi connectivity index (χ1) is 5.95. The van der Waals surface area contributed by atoms with Crippen molar-refractivity contribution in [2.45, 2.75) is 33.6 Å². The number of fused-ring (bicyclic) bond motifs is 2. The maximum Gasteiger partial charge on any atom is 0.168 e. The Morgan fingerprint density at radius 1 is 1.46 bits per heavy atom. The van der Waals surface area contributed by atoms with E-state index < -0.39 is 0 Å². The van der Waals surface area contributed by atoms with Crippen molar-refractivity contribution in [3.63, 3.8) is 0 Å². The molecule has 2 rings (SSSR count). The highest BCUT2D eigenvalue weighted by Gasteiger charge is 2.64. The molecular formula is C11H16O2. The lowest BCUT2D eigenvalue weighted by Gasteiger charge is -2.31. The van der Waals surface area contributed by atoms with Crippen LogP contribution in [0.3, 0.4) is 0 Å². The van der Waals surface area contributed by atoms with Crippen LogP contribution in [0.4, 0.5) is 0 Å². The molecule has 0 amide bonds. The molecule has 0 aromatic heterocycles. The number of allylic oxidation sites excluding steroid dienone is 1. The molecule has 0 unspecified atom stereocenters. The summed E-state index contributed by atoms with van der Waals surface area (Å²) < 4.78 is 0. The van der Waals surface area contributed by atoms with E-state index in [1.807, 2.05) is 6.92 Å². The van der Waals surface area contributed by atoms with E-state index >= 15 is 0 Å². The summed E-state index contributed by atoms with van der Waals surface area (Å²) in [5.74, 6) is 0.436. The van der Waals surface area contributed by atoms with Gasteiger partial charge in [0.2, 0.25) is 0 Å². The van der Waals surface area contributed by atoms with Crippen molar-refractivity contribution >= 4 is 5.78 Å². The molecule has 2 aliphatic carbocycles. The van der Waals surface area contributed by atoms with Crippen molar-refractivity contribution in [1.29, 1.82) is 0 Å². The van der Waals surface area contributed by atoms with Crippen LogP contribution < -0.4 is 0 Å². The van der Waals surface area contributed by atoms with Gasteiger partial charge in [-0.15, -0.1) is 0 Å². The molecular weight excluding hydrogens is 164 g/mol. The minimum absolute atomic E-state index is 0.0264. The second kappa shape index (κ2) is 2.17. The minimum Gasteiger partial charge on any atom is -0.515 e. The third kappa shape index (κ3) is 0.725. The molecule has 0 aromatic rings. The number of rotatable bonds is 0. The van der Waals surface area contributed by atoms with E-state index in [9.17, 15) is 4.79 Å². The van der Waals surface area contributed by atoms with E-state index in [0.717, 1.165) is 19.1 Å². The SMILES string of the molecule is CC1(C)[C@H]2CC[C@]1(C)C(=O)C2=CO. The first kappa shape index (κ1) is 8.79. The van der Waals surface area contributed by atoms with Gasteiger partial charge in [-0.2, -0.15) is 0 Å². The first-order valence-corrected chi connectivity index (χ1v) is 4.84. The Labute approximate surface area is 78.6 Å². The molecule has 2 atom stereocenters. The summed E-state index contributed by atoms with van der Waals surface area (Å²) in [4.78, 5) is 11.9. The van der Waals surface area contributed by atoms with Crippen molar-refractivity contribution in [2.75, 3.05) is 0 Å². The van der Waals surface area contributed by atoms with Gasteiger partial charge in [-0.3, -0.25) is 4.79 Å². The number of aliphatic hydroxyl groups excluding tert-OH is 1. The van der Waals surface area contributed by atoms with E-state index in [4.69, 9.17) is 5.11 Å². The third-order valence-corrected chi connectivity index (χ3v) is 4.50. The highest BCUT2D eigenvalue weighted by Crippen LogP contribution is 2.65. The lowest BCUT2D eigenvalue weighted by atomic mass is 9.70. The first-order valence-electron chi connectivity index (χ1n) is 4.84. The average molecular weight is 180 g/mol. The maximum absolute atomic E-state index is 11.9. The second-order valence-corrected chi connectivity index (χ2v) is 5.06. The van der Waals surface area contributed by atoms with Gasteiger partial charge < -0.3 is 5.11 Å². The summed E-state index contributed by atoms with van der Waals surface area (Å²) in [5, 5.41) is 9.02. The molecule has 0 heterocycles. The predicted octanol–water partition coefficient (Wildman–Crippen LogP) is 2.45. The second-order valence-electron chi connectivity index (χ2n) is 5.06. The molecule has 2 aliphatic rings. The Hall–Kier alpha value is -0.790. The predicted molar refractivity (Wildman–Crippen MR) is 50.3 cm³/mol. The number of carbonyl (C=O) groups is 1. The van der Waals surface area contributed by atoms with Crippen LogP contribution in [0.25, 0.3) is 0 Å². The van der Waals surface area contributed by atoms with Crippen LogP contribution in [0.15, 0.2) is 11.8 Å². The van der Waals surface area contributed by atoms with Crippen molar-refractivity contribution in [1.82, 2.24) is 0 Å². The average Bonchev–Trinajstić information content (AvgIpc) is 2.36. The molecule has 72 valence electrons. The Bertz CT molecular complexity index is 301. The zero-order valence-corrected chi connectivity index (χ0v) is 8.42. The molecule has 2 nitrogen and oxygen atoms in total. The molecule has 0 aliphatic heterocycles. The molecule has 0 spiro atoms. The zero-order valence-electron chi connectivity index (χ0n) is 8.42. The van der Waals surface area contributed by atoms with Crippen LogP contribution in [-0.2, 0) is 4.79 Å². The lowest BCUT2D eigenvalue weighted by Crippen LogP contribution is -2.32. The van der Waals surface area contributed by atoms with Crippen LogP contribution in [0, 0.1) is 16.7 Å². The van der Waals surface area contributed by atoms with E-state index in [-0.39, 0.29) is 22.5 Å². The van der Waals surface area contributed by atoms with Crippen LogP contribution in [0.1, 0.15) is 33.6 Å². The highest BCUT2D eigenvalue weighted by atomic mass is 16.2. The van der Waals surface area contributed by atoms with Crippen LogP contribution >= 0.6 is 0 Å². The van der Waals surface area contributed by atoms with Crippen LogP contribution in [-0.4, -0.2) is 10.9 Å². The van der Waals surface area contributed by atoms with E-state index in [1.165, 1.54) is 0 Å². The third-order valence-electron chi connectivity index (χ3n) is 4.50. The molecule has 2 saturated carbocycles. The van der Waals surface area contributed by atoms with E-state index in [0.29, 0.717) is 5.57 Å². The van der Waals surface area contributed by atoms with Gasteiger partial charge in [0.1, 0.15) is 0 Å². The van der Waals surface area contributed by atoms with E-state index in [2.05, 4.69) is 13.8 Å². The van der Waals surface area contributed by atoms with Crippen molar-refractivity contribution in [3.8, 4) is 0 Å². The Kier molecular flexibility index (Phi) is 1.47. The quantitative estimate of drug-likeness (QED) is 0.459. The van der Waals surface area contributed by atoms with Crippen molar-refractivity contribution < 1.29 is 9.90 Å². The van der Waals surface area contributed by atoms with Gasteiger partial charge in [0.15, 0.2) is 5.78 Å². The molecule has 13 heavy (non-hydrogen) atoms. The van der Waals surface area contributed by atoms with Crippen molar-refractivity contribution in [3.05, 3.63) is 11.8 Å². The smallest absolute Gasteiger partial charge is 0.168 e. The fraction of sp³-hybridized carbons (Fsp3) is 0.727. The lowest BCUT2D eigenvalue weighted by molar-refractivity contribution is -0.125. The molecule has 0 aromatic carbocycles. The number of Topliss-reactive ketones (excluding diaryl/α,β-unsaturated/α-hetero) is 1. The Balaban J connectivity index is 2.57. The number of hydrogen-bond donors (Lipinski definition) is 1. The Morgan fingerprint density at radius 2 is 2.08 bits per heavy atom. The van der Waals surface area contributed by atoms with Crippen LogP contribution in [0.2, 0.25) is 0 Å². The van der Waals surface area contributed by atoms with Gasteiger partial charge in [-0.05, 0) is 24.2 Å². The largest absolute Gasteiger partial charge is 0.515 e. The van der Waals surface area contributed by atoms with Gasteiger partial charge in [-0.1, -0.05) is 20.8 Å². The molecule has 2 fully saturated rings.